The van der Waals surface area contributed by atoms with Gasteiger partial charge in [0, 0.05) is 39.9 Å². The molecule has 6 nitrogen and oxygen atoms in total. The Labute approximate surface area is 241 Å². The lowest BCUT2D eigenvalue weighted by Crippen LogP contribution is -1.98. The van der Waals surface area contributed by atoms with Crippen LogP contribution in [0.2, 0.25) is 0 Å². The van der Waals surface area contributed by atoms with Crippen molar-refractivity contribution in [3.8, 4) is 45.3 Å². The number of hydrogen-bond acceptors (Lipinski definition) is 6. The van der Waals surface area contributed by atoms with Crippen LogP contribution in [0.5, 0.6) is 0 Å². The standard InChI is InChI=1S/C36H22N6/c1-2-9-23(10-3-1)34-35(41-30-14-7-6-13-29(30)40-34)27-12-5-4-11-26(27)28-19-17-24-15-16-25-18-20-31(36-37-21-8-22-38-36)42-33(25)32(24)39-28/h1-22H. The van der Waals surface area contributed by atoms with E-state index in [1.807, 2.05) is 66.7 Å². The third-order valence-electron chi connectivity index (χ3n) is 7.39. The van der Waals surface area contributed by atoms with Crippen LogP contribution in [0.15, 0.2) is 134 Å². The lowest BCUT2D eigenvalue weighted by molar-refractivity contribution is 1.15. The number of fused-ring (bicyclic) bond motifs is 4. The maximum Gasteiger partial charge on any atom is 0.178 e. The van der Waals surface area contributed by atoms with Gasteiger partial charge in [-0.1, -0.05) is 91.0 Å². The first-order chi connectivity index (χ1) is 20.8. The summed E-state index contributed by atoms with van der Waals surface area (Å²) in [6, 6.07) is 40.6. The van der Waals surface area contributed by atoms with E-state index in [4.69, 9.17) is 19.9 Å². The molecule has 8 aromatic rings. The molecule has 0 N–H and O–H groups in total. The highest BCUT2D eigenvalue weighted by Crippen LogP contribution is 2.37. The summed E-state index contributed by atoms with van der Waals surface area (Å²) in [4.78, 5) is 29.2. The van der Waals surface area contributed by atoms with Gasteiger partial charge in [-0.25, -0.2) is 29.9 Å². The Morgan fingerprint density at radius 1 is 0.381 bits per heavy atom. The van der Waals surface area contributed by atoms with Crippen LogP contribution in [-0.2, 0) is 0 Å². The molecule has 0 atom stereocenters. The van der Waals surface area contributed by atoms with Crippen LogP contribution < -0.4 is 0 Å². The average molecular weight is 539 g/mol. The molecule has 0 aliphatic rings. The minimum Gasteiger partial charge on any atom is -0.245 e. The Bertz CT molecular complexity index is 2250. The van der Waals surface area contributed by atoms with Gasteiger partial charge < -0.3 is 0 Å². The van der Waals surface area contributed by atoms with Crippen molar-refractivity contribution in [3.63, 3.8) is 0 Å². The molecule has 0 bridgehead atoms. The van der Waals surface area contributed by atoms with Crippen LogP contribution >= 0.6 is 0 Å². The van der Waals surface area contributed by atoms with Crippen molar-refractivity contribution in [2.24, 2.45) is 0 Å². The fourth-order valence-corrected chi connectivity index (χ4v) is 5.37. The molecule has 4 heterocycles. The van der Waals surface area contributed by atoms with Gasteiger partial charge in [0.2, 0.25) is 0 Å². The minimum absolute atomic E-state index is 0.584. The zero-order chi connectivity index (χ0) is 27.9. The van der Waals surface area contributed by atoms with Crippen molar-refractivity contribution in [2.45, 2.75) is 0 Å². The van der Waals surface area contributed by atoms with Gasteiger partial charge in [0.05, 0.1) is 39.1 Å². The van der Waals surface area contributed by atoms with Gasteiger partial charge >= 0.3 is 0 Å². The number of rotatable bonds is 4. The van der Waals surface area contributed by atoms with Gasteiger partial charge in [0.25, 0.3) is 0 Å². The van der Waals surface area contributed by atoms with Gasteiger partial charge in [-0.2, -0.15) is 0 Å². The zero-order valence-electron chi connectivity index (χ0n) is 22.4. The lowest BCUT2D eigenvalue weighted by Gasteiger charge is -2.14. The molecular weight excluding hydrogens is 516 g/mol. The molecular formula is C36H22N6. The molecule has 0 amide bonds. The van der Waals surface area contributed by atoms with Crippen molar-refractivity contribution in [3.05, 3.63) is 134 Å². The lowest BCUT2D eigenvalue weighted by atomic mass is 9.96. The highest BCUT2D eigenvalue weighted by Gasteiger charge is 2.18. The van der Waals surface area contributed by atoms with Crippen molar-refractivity contribution in [2.75, 3.05) is 0 Å². The normalized spacial score (nSPS) is 11.3. The predicted octanol–water partition coefficient (Wildman–Crippen LogP) is 8.18. The SMILES string of the molecule is c1ccc(-c2nc3ccccc3nc2-c2ccccc2-c2ccc3ccc4ccc(-c5ncccn5)nc4c3n2)cc1. The van der Waals surface area contributed by atoms with E-state index in [9.17, 15) is 0 Å². The molecule has 0 spiro atoms. The van der Waals surface area contributed by atoms with E-state index in [1.165, 1.54) is 0 Å². The highest BCUT2D eigenvalue weighted by molar-refractivity contribution is 6.04. The molecule has 0 saturated carbocycles. The topological polar surface area (TPSA) is 77.3 Å². The van der Waals surface area contributed by atoms with E-state index in [0.29, 0.717) is 11.5 Å². The summed E-state index contributed by atoms with van der Waals surface area (Å²) in [6.45, 7) is 0. The monoisotopic (exact) mass is 538 g/mol. The molecule has 42 heavy (non-hydrogen) atoms. The number of aromatic nitrogens is 6. The Balaban J connectivity index is 1.35. The Morgan fingerprint density at radius 3 is 1.64 bits per heavy atom. The molecule has 0 unspecified atom stereocenters. The van der Waals surface area contributed by atoms with E-state index < -0.39 is 0 Å². The van der Waals surface area contributed by atoms with Crippen LogP contribution in [0.1, 0.15) is 0 Å². The summed E-state index contributed by atoms with van der Waals surface area (Å²) in [5.41, 5.74) is 9.49. The highest BCUT2D eigenvalue weighted by atomic mass is 14.9. The summed E-state index contributed by atoms with van der Waals surface area (Å²) in [6.07, 6.45) is 3.45. The quantitative estimate of drug-likeness (QED) is 0.210. The third-order valence-corrected chi connectivity index (χ3v) is 7.39. The molecule has 0 radical (unpaired) electrons. The van der Waals surface area contributed by atoms with E-state index in [1.54, 1.807) is 18.5 Å². The van der Waals surface area contributed by atoms with Crippen LogP contribution in [0.3, 0.4) is 0 Å². The molecule has 6 heteroatoms. The molecule has 0 aliphatic carbocycles. The summed E-state index contributed by atoms with van der Waals surface area (Å²) in [5, 5.41) is 2.02. The Morgan fingerprint density at radius 2 is 0.929 bits per heavy atom. The summed E-state index contributed by atoms with van der Waals surface area (Å²) >= 11 is 0. The first-order valence-electron chi connectivity index (χ1n) is 13.7. The second-order valence-corrected chi connectivity index (χ2v) is 10.00. The Kier molecular flexibility index (Phi) is 5.67. The maximum atomic E-state index is 5.21. The van der Waals surface area contributed by atoms with Crippen molar-refractivity contribution in [1.82, 2.24) is 29.9 Å². The van der Waals surface area contributed by atoms with Gasteiger partial charge in [0.1, 0.15) is 5.69 Å². The number of benzene rings is 4. The first kappa shape index (κ1) is 24.0. The van der Waals surface area contributed by atoms with Gasteiger partial charge in [-0.15, -0.1) is 0 Å². The van der Waals surface area contributed by atoms with Crippen molar-refractivity contribution in [1.29, 1.82) is 0 Å². The first-order valence-corrected chi connectivity index (χ1v) is 13.7. The second kappa shape index (κ2) is 9.94. The zero-order valence-corrected chi connectivity index (χ0v) is 22.4. The molecule has 0 aliphatic heterocycles. The van der Waals surface area contributed by atoms with Crippen molar-refractivity contribution < 1.29 is 0 Å². The number of nitrogens with zero attached hydrogens (tertiary/aromatic N) is 6. The number of pyridine rings is 2. The second-order valence-electron chi connectivity index (χ2n) is 10.00. The van der Waals surface area contributed by atoms with Crippen LogP contribution in [-0.4, -0.2) is 29.9 Å². The summed E-state index contributed by atoms with van der Waals surface area (Å²) in [5.74, 6) is 0.584. The molecule has 4 aromatic heterocycles. The van der Waals surface area contributed by atoms with E-state index >= 15 is 0 Å². The third kappa shape index (κ3) is 4.14. The van der Waals surface area contributed by atoms with Gasteiger partial charge in [-0.3, -0.25) is 0 Å². The van der Waals surface area contributed by atoms with Crippen molar-refractivity contribution >= 4 is 32.8 Å². The smallest absolute Gasteiger partial charge is 0.178 e. The average Bonchev–Trinajstić information content (AvgIpc) is 3.08. The number of para-hydroxylation sites is 2. The Hall–Kier alpha value is -5.88. The minimum atomic E-state index is 0.584. The predicted molar refractivity (Wildman–Crippen MR) is 167 cm³/mol. The number of hydrogen-bond donors (Lipinski definition) is 0. The molecule has 196 valence electrons. The molecule has 8 rings (SSSR count). The van der Waals surface area contributed by atoms with E-state index in [0.717, 1.165) is 66.6 Å². The van der Waals surface area contributed by atoms with E-state index in [-0.39, 0.29) is 0 Å². The fourth-order valence-electron chi connectivity index (χ4n) is 5.37. The summed E-state index contributed by atoms with van der Waals surface area (Å²) in [7, 11) is 0. The molecule has 0 saturated heterocycles. The van der Waals surface area contributed by atoms with Gasteiger partial charge in [0.15, 0.2) is 5.82 Å². The fraction of sp³-hybridized carbons (Fsp3) is 0. The summed E-state index contributed by atoms with van der Waals surface area (Å²) < 4.78 is 0. The largest absolute Gasteiger partial charge is 0.245 e. The van der Waals surface area contributed by atoms with Gasteiger partial charge in [-0.05, 0) is 30.3 Å². The van der Waals surface area contributed by atoms with Crippen LogP contribution in [0.25, 0.3) is 78.1 Å². The maximum absolute atomic E-state index is 5.21. The van der Waals surface area contributed by atoms with E-state index in [2.05, 4.69) is 58.5 Å². The van der Waals surface area contributed by atoms with Crippen LogP contribution in [0, 0.1) is 0 Å². The molecule has 0 fully saturated rings. The molecule has 4 aromatic carbocycles. The van der Waals surface area contributed by atoms with Crippen LogP contribution in [0.4, 0.5) is 0 Å².